The van der Waals surface area contributed by atoms with Gasteiger partial charge in [0.25, 0.3) is 0 Å². The largest absolute Gasteiger partial charge is 0.496 e. The van der Waals surface area contributed by atoms with Crippen LogP contribution in [-0.2, 0) is 17.9 Å². The monoisotopic (exact) mass is 344 g/mol. The van der Waals surface area contributed by atoms with Gasteiger partial charge < -0.3 is 14.1 Å². The Morgan fingerprint density at radius 2 is 2.08 bits per heavy atom. The minimum Gasteiger partial charge on any atom is -0.496 e. The van der Waals surface area contributed by atoms with E-state index >= 15 is 0 Å². The highest BCUT2D eigenvalue weighted by molar-refractivity contribution is 6.27. The predicted molar refractivity (Wildman–Crippen MR) is 92.0 cm³/mol. The second kappa shape index (κ2) is 7.36. The lowest BCUT2D eigenvalue weighted by molar-refractivity contribution is -0.129. The van der Waals surface area contributed by atoms with E-state index in [4.69, 9.17) is 20.8 Å². The number of ether oxygens (including phenoxy) is 1. The van der Waals surface area contributed by atoms with Gasteiger partial charge in [0.1, 0.15) is 17.9 Å². The number of amides is 1. The van der Waals surface area contributed by atoms with E-state index < -0.39 is 0 Å². The number of alkyl halides is 1. The molecule has 0 bridgehead atoms. The second-order valence-electron chi connectivity index (χ2n) is 5.34. The molecule has 0 aliphatic rings. The lowest BCUT2D eigenvalue weighted by atomic mass is 10.0. The van der Waals surface area contributed by atoms with Crippen molar-refractivity contribution in [3.63, 3.8) is 0 Å². The molecule has 0 saturated carbocycles. The molecule has 0 spiro atoms. The quantitative estimate of drug-likeness (QED) is 0.641. The number of carbonyl (C=O) groups is 1. The minimum atomic E-state index is -0.171. The molecule has 0 N–H and O–H groups in total. The number of oxazole rings is 1. The van der Waals surface area contributed by atoms with E-state index in [2.05, 4.69) is 4.98 Å². The van der Waals surface area contributed by atoms with Crippen LogP contribution in [0.25, 0.3) is 10.8 Å². The standard InChI is InChI=1S/C18H17ClN2O3/c1-23-18-14(7-6-13-4-2-3-5-16(13)18)9-21(17(22)8-19)10-15-11-24-12-20-15/h2-7,11-12H,8-10H2,1H3. The van der Waals surface area contributed by atoms with Gasteiger partial charge in [-0.3, -0.25) is 4.79 Å². The van der Waals surface area contributed by atoms with Gasteiger partial charge in [-0.25, -0.2) is 4.98 Å². The van der Waals surface area contributed by atoms with Crippen LogP contribution in [0.1, 0.15) is 11.3 Å². The van der Waals surface area contributed by atoms with E-state index in [0.29, 0.717) is 18.8 Å². The number of aromatic nitrogens is 1. The molecule has 0 aliphatic carbocycles. The molecule has 24 heavy (non-hydrogen) atoms. The summed E-state index contributed by atoms with van der Waals surface area (Å²) in [6.45, 7) is 0.713. The average molecular weight is 345 g/mol. The SMILES string of the molecule is COc1c(CN(Cc2cocn2)C(=O)CCl)ccc2ccccc12. The molecular formula is C18H17ClN2O3. The molecule has 6 heteroatoms. The Morgan fingerprint density at radius 1 is 1.25 bits per heavy atom. The summed E-state index contributed by atoms with van der Waals surface area (Å²) in [6, 6.07) is 12.0. The number of hydrogen-bond donors (Lipinski definition) is 0. The van der Waals surface area contributed by atoms with Gasteiger partial charge in [0, 0.05) is 17.5 Å². The number of fused-ring (bicyclic) bond motifs is 1. The van der Waals surface area contributed by atoms with Crippen molar-refractivity contribution >= 4 is 28.3 Å². The van der Waals surface area contributed by atoms with E-state index in [0.717, 1.165) is 22.1 Å². The van der Waals surface area contributed by atoms with E-state index in [9.17, 15) is 4.79 Å². The molecule has 0 aliphatic heterocycles. The Morgan fingerprint density at radius 3 is 2.79 bits per heavy atom. The average Bonchev–Trinajstić information content (AvgIpc) is 3.13. The van der Waals surface area contributed by atoms with Crippen LogP contribution in [0.4, 0.5) is 0 Å². The first-order valence-electron chi connectivity index (χ1n) is 7.48. The third kappa shape index (κ3) is 3.36. The van der Waals surface area contributed by atoms with Crippen LogP contribution >= 0.6 is 11.6 Å². The zero-order valence-electron chi connectivity index (χ0n) is 13.2. The summed E-state index contributed by atoms with van der Waals surface area (Å²) in [5, 5.41) is 2.10. The van der Waals surface area contributed by atoms with Crippen molar-refractivity contribution < 1.29 is 13.9 Å². The van der Waals surface area contributed by atoms with Gasteiger partial charge in [0.05, 0.1) is 19.3 Å². The summed E-state index contributed by atoms with van der Waals surface area (Å²) in [6.07, 6.45) is 2.86. The number of halogens is 1. The second-order valence-corrected chi connectivity index (χ2v) is 5.61. The van der Waals surface area contributed by atoms with Crippen LogP contribution in [-0.4, -0.2) is 28.8 Å². The minimum absolute atomic E-state index is 0.0895. The maximum absolute atomic E-state index is 12.2. The molecular weight excluding hydrogens is 328 g/mol. The topological polar surface area (TPSA) is 55.6 Å². The van der Waals surface area contributed by atoms with Crippen molar-refractivity contribution in [3.8, 4) is 5.75 Å². The molecule has 1 aromatic heterocycles. The molecule has 0 unspecified atom stereocenters. The first-order valence-corrected chi connectivity index (χ1v) is 8.01. The summed E-state index contributed by atoms with van der Waals surface area (Å²) < 4.78 is 10.6. The molecule has 0 atom stereocenters. The Hall–Kier alpha value is -2.53. The number of carbonyl (C=O) groups excluding carboxylic acids is 1. The fourth-order valence-electron chi connectivity index (χ4n) is 2.69. The van der Waals surface area contributed by atoms with Crippen LogP contribution in [0.3, 0.4) is 0 Å². The smallest absolute Gasteiger partial charge is 0.238 e. The van der Waals surface area contributed by atoms with Crippen LogP contribution in [0.15, 0.2) is 53.5 Å². The molecule has 124 valence electrons. The third-order valence-electron chi connectivity index (χ3n) is 3.83. The summed E-state index contributed by atoms with van der Waals surface area (Å²) >= 11 is 5.76. The van der Waals surface area contributed by atoms with Crippen molar-refractivity contribution in [2.24, 2.45) is 0 Å². The molecule has 2 aromatic carbocycles. The number of methoxy groups -OCH3 is 1. The van der Waals surface area contributed by atoms with Gasteiger partial charge >= 0.3 is 0 Å². The van der Waals surface area contributed by atoms with E-state index in [-0.39, 0.29) is 11.8 Å². The maximum Gasteiger partial charge on any atom is 0.238 e. The van der Waals surface area contributed by atoms with Crippen molar-refractivity contribution in [1.82, 2.24) is 9.88 Å². The fourth-order valence-corrected chi connectivity index (χ4v) is 2.86. The van der Waals surface area contributed by atoms with Gasteiger partial charge in [-0.15, -0.1) is 11.6 Å². The molecule has 3 rings (SSSR count). The van der Waals surface area contributed by atoms with Crippen LogP contribution in [0, 0.1) is 0 Å². The van der Waals surface area contributed by atoms with Crippen LogP contribution in [0.5, 0.6) is 5.75 Å². The number of nitrogens with zero attached hydrogens (tertiary/aromatic N) is 2. The first kappa shape index (κ1) is 16.3. The predicted octanol–water partition coefficient (Wildman–Crippen LogP) is 3.60. The van der Waals surface area contributed by atoms with Gasteiger partial charge in [0.2, 0.25) is 5.91 Å². The fraction of sp³-hybridized carbons (Fsp3) is 0.222. The number of benzene rings is 2. The van der Waals surface area contributed by atoms with E-state index in [1.807, 2.05) is 36.4 Å². The molecule has 1 amide bonds. The number of rotatable bonds is 6. The van der Waals surface area contributed by atoms with Crippen molar-refractivity contribution in [3.05, 3.63) is 60.3 Å². The molecule has 3 aromatic rings. The lowest BCUT2D eigenvalue weighted by Gasteiger charge is -2.22. The summed E-state index contributed by atoms with van der Waals surface area (Å²) in [7, 11) is 1.64. The summed E-state index contributed by atoms with van der Waals surface area (Å²) in [4.78, 5) is 17.9. The van der Waals surface area contributed by atoms with Crippen molar-refractivity contribution in [1.29, 1.82) is 0 Å². The van der Waals surface area contributed by atoms with E-state index in [1.54, 1.807) is 12.0 Å². The summed E-state index contributed by atoms with van der Waals surface area (Å²) in [5.74, 6) is 0.504. The van der Waals surface area contributed by atoms with Gasteiger partial charge in [0.15, 0.2) is 6.39 Å². The molecule has 5 nitrogen and oxygen atoms in total. The van der Waals surface area contributed by atoms with Crippen LogP contribution in [0.2, 0.25) is 0 Å². The molecule has 0 saturated heterocycles. The van der Waals surface area contributed by atoms with Gasteiger partial charge in [-0.2, -0.15) is 0 Å². The van der Waals surface area contributed by atoms with Crippen LogP contribution < -0.4 is 4.74 Å². The van der Waals surface area contributed by atoms with E-state index in [1.165, 1.54) is 12.7 Å². The highest BCUT2D eigenvalue weighted by Crippen LogP contribution is 2.30. The maximum atomic E-state index is 12.2. The van der Waals surface area contributed by atoms with Gasteiger partial charge in [-0.1, -0.05) is 36.4 Å². The first-order chi connectivity index (χ1) is 11.7. The Kier molecular flexibility index (Phi) is 5.01. The lowest BCUT2D eigenvalue weighted by Crippen LogP contribution is -2.31. The third-order valence-corrected chi connectivity index (χ3v) is 4.06. The Bertz CT molecular complexity index is 833. The molecule has 0 radical (unpaired) electrons. The highest BCUT2D eigenvalue weighted by atomic mass is 35.5. The zero-order chi connectivity index (χ0) is 16.9. The molecule has 1 heterocycles. The zero-order valence-corrected chi connectivity index (χ0v) is 14.0. The number of hydrogen-bond acceptors (Lipinski definition) is 4. The summed E-state index contributed by atoms with van der Waals surface area (Å²) in [5.41, 5.74) is 1.59. The van der Waals surface area contributed by atoms with Crippen molar-refractivity contribution in [2.75, 3.05) is 13.0 Å². The van der Waals surface area contributed by atoms with Crippen molar-refractivity contribution in [2.45, 2.75) is 13.1 Å². The highest BCUT2D eigenvalue weighted by Gasteiger charge is 2.18. The molecule has 0 fully saturated rings. The Balaban J connectivity index is 1.94. The normalized spacial score (nSPS) is 10.8. The Labute approximate surface area is 144 Å². The van der Waals surface area contributed by atoms with Gasteiger partial charge in [-0.05, 0) is 5.39 Å².